The quantitative estimate of drug-likeness (QED) is 0.591. The Balaban J connectivity index is 1.74. The summed E-state index contributed by atoms with van der Waals surface area (Å²) < 4.78 is 5.83. The fourth-order valence-corrected chi connectivity index (χ4v) is 4.35. The van der Waals surface area contributed by atoms with E-state index in [-0.39, 0.29) is 17.9 Å². The Labute approximate surface area is 174 Å². The summed E-state index contributed by atoms with van der Waals surface area (Å²) in [5, 5.41) is 8.22. The highest BCUT2D eigenvalue weighted by Gasteiger charge is 2.24. The number of carbonyl (C=O) groups is 1. The monoisotopic (exact) mass is 397 g/mol. The Morgan fingerprint density at radius 3 is 2.66 bits per heavy atom. The minimum Gasteiger partial charge on any atom is -0.378 e. The van der Waals surface area contributed by atoms with Crippen molar-refractivity contribution in [3.8, 4) is 0 Å². The molecule has 0 unspecified atom stereocenters. The molecule has 0 saturated heterocycles. The Morgan fingerprint density at radius 1 is 1.24 bits per heavy atom. The van der Waals surface area contributed by atoms with Crippen LogP contribution in [0.2, 0.25) is 0 Å². The number of aromatic nitrogens is 1. The minimum atomic E-state index is 0.0113. The minimum absolute atomic E-state index is 0.0113. The van der Waals surface area contributed by atoms with E-state index in [1.54, 1.807) is 14.0 Å². The standard InChI is InChI=1S/C24H35N3O2/c1-5-21(26-19-9-7-6-8-10-19)23(29-4)15-25-24-20(17(3)28)14-18-13-16(2)11-12-22(18)27-24/h11-14,19,21,23,26H,5-10,15H2,1-4H3,(H,25,27)/t21-,23+/m1/s1. The van der Waals surface area contributed by atoms with Gasteiger partial charge in [0.15, 0.2) is 5.78 Å². The molecule has 1 aliphatic rings. The highest BCUT2D eigenvalue weighted by molar-refractivity contribution is 6.02. The van der Waals surface area contributed by atoms with Gasteiger partial charge in [-0.15, -0.1) is 0 Å². The number of ketones is 1. The molecule has 1 aromatic heterocycles. The van der Waals surface area contributed by atoms with Gasteiger partial charge in [0, 0.05) is 31.1 Å². The zero-order valence-electron chi connectivity index (χ0n) is 18.3. The fraction of sp³-hybridized carbons (Fsp3) is 0.583. The number of fused-ring (bicyclic) bond motifs is 1. The van der Waals surface area contributed by atoms with Gasteiger partial charge < -0.3 is 15.4 Å². The van der Waals surface area contributed by atoms with E-state index in [1.807, 2.05) is 25.1 Å². The first-order chi connectivity index (χ1) is 14.0. The summed E-state index contributed by atoms with van der Waals surface area (Å²) in [6, 6.07) is 8.93. The van der Waals surface area contributed by atoms with Gasteiger partial charge in [0.2, 0.25) is 0 Å². The molecule has 1 aromatic carbocycles. The molecular formula is C24H35N3O2. The number of methoxy groups -OCH3 is 1. The molecule has 1 heterocycles. The number of carbonyl (C=O) groups excluding carboxylic acids is 1. The number of pyridine rings is 1. The van der Waals surface area contributed by atoms with Crippen molar-refractivity contribution in [2.75, 3.05) is 19.0 Å². The smallest absolute Gasteiger partial charge is 0.163 e. The average Bonchev–Trinajstić information content (AvgIpc) is 2.73. The third-order valence-corrected chi connectivity index (χ3v) is 6.07. The van der Waals surface area contributed by atoms with Gasteiger partial charge in [-0.25, -0.2) is 4.98 Å². The summed E-state index contributed by atoms with van der Waals surface area (Å²) >= 11 is 0. The molecule has 1 aliphatic carbocycles. The average molecular weight is 398 g/mol. The number of Topliss-reactive ketones (excluding diaryl/α,β-unsaturated/α-hetero) is 1. The molecule has 2 atom stereocenters. The van der Waals surface area contributed by atoms with Crippen LogP contribution in [0, 0.1) is 6.92 Å². The SMILES string of the molecule is CC[C@@H](NC1CCCCC1)[C@H](CNc1nc2ccc(C)cc2cc1C(C)=O)OC. The molecule has 29 heavy (non-hydrogen) atoms. The van der Waals surface area contributed by atoms with Crippen molar-refractivity contribution in [2.45, 2.75) is 77.5 Å². The molecule has 0 bridgehead atoms. The van der Waals surface area contributed by atoms with Crippen molar-refractivity contribution in [2.24, 2.45) is 0 Å². The lowest BCUT2D eigenvalue weighted by Crippen LogP contribution is -2.49. The number of benzene rings is 1. The zero-order chi connectivity index (χ0) is 20.8. The van der Waals surface area contributed by atoms with Crippen molar-refractivity contribution in [1.82, 2.24) is 10.3 Å². The predicted molar refractivity (Wildman–Crippen MR) is 120 cm³/mol. The van der Waals surface area contributed by atoms with E-state index in [1.165, 1.54) is 32.1 Å². The number of rotatable bonds is 9. The van der Waals surface area contributed by atoms with E-state index in [0.717, 1.165) is 22.9 Å². The van der Waals surface area contributed by atoms with Crippen LogP contribution in [0.4, 0.5) is 5.82 Å². The first-order valence-corrected chi connectivity index (χ1v) is 11.0. The molecule has 0 spiro atoms. The van der Waals surface area contributed by atoms with Crippen LogP contribution in [-0.4, -0.2) is 42.6 Å². The predicted octanol–water partition coefficient (Wildman–Crippen LogP) is 4.87. The number of nitrogens with one attached hydrogen (secondary N) is 2. The molecule has 2 N–H and O–H groups in total. The number of ether oxygens (including phenoxy) is 1. The van der Waals surface area contributed by atoms with Crippen LogP contribution in [0.1, 0.15) is 68.3 Å². The maximum Gasteiger partial charge on any atom is 0.163 e. The molecule has 5 heteroatoms. The molecule has 5 nitrogen and oxygen atoms in total. The first-order valence-electron chi connectivity index (χ1n) is 11.0. The van der Waals surface area contributed by atoms with Gasteiger partial charge in [-0.05, 0) is 51.3 Å². The summed E-state index contributed by atoms with van der Waals surface area (Å²) in [5.74, 6) is 0.660. The number of hydrogen-bond acceptors (Lipinski definition) is 5. The van der Waals surface area contributed by atoms with Crippen molar-refractivity contribution in [3.05, 3.63) is 35.4 Å². The molecule has 3 rings (SSSR count). The molecule has 0 radical (unpaired) electrons. The Hall–Kier alpha value is -1.98. The van der Waals surface area contributed by atoms with Crippen LogP contribution in [0.5, 0.6) is 0 Å². The molecular weight excluding hydrogens is 362 g/mol. The number of anilines is 1. The topological polar surface area (TPSA) is 63.2 Å². The molecule has 0 aliphatic heterocycles. The van der Waals surface area contributed by atoms with Crippen LogP contribution in [-0.2, 0) is 4.74 Å². The van der Waals surface area contributed by atoms with Crippen molar-refractivity contribution < 1.29 is 9.53 Å². The van der Waals surface area contributed by atoms with Crippen molar-refractivity contribution >= 4 is 22.5 Å². The lowest BCUT2D eigenvalue weighted by atomic mass is 9.94. The van der Waals surface area contributed by atoms with Gasteiger partial charge in [-0.3, -0.25) is 4.79 Å². The fourth-order valence-electron chi connectivity index (χ4n) is 4.35. The third-order valence-electron chi connectivity index (χ3n) is 6.07. The maximum atomic E-state index is 12.2. The van der Waals surface area contributed by atoms with E-state index in [0.29, 0.717) is 24.0 Å². The van der Waals surface area contributed by atoms with Gasteiger partial charge >= 0.3 is 0 Å². The van der Waals surface area contributed by atoms with Gasteiger partial charge in [-0.1, -0.05) is 37.8 Å². The highest BCUT2D eigenvalue weighted by Crippen LogP contribution is 2.23. The second-order valence-corrected chi connectivity index (χ2v) is 8.31. The molecule has 1 fully saturated rings. The normalized spacial score (nSPS) is 17.2. The van der Waals surface area contributed by atoms with E-state index < -0.39 is 0 Å². The zero-order valence-corrected chi connectivity index (χ0v) is 18.3. The third kappa shape index (κ3) is 5.55. The molecule has 2 aromatic rings. The second kappa shape index (κ2) is 10.2. The molecule has 0 amide bonds. The van der Waals surface area contributed by atoms with Crippen LogP contribution >= 0.6 is 0 Å². The maximum absolute atomic E-state index is 12.2. The Kier molecular flexibility index (Phi) is 7.62. The Bertz CT molecular complexity index is 830. The van der Waals surface area contributed by atoms with Gasteiger partial charge in [0.05, 0.1) is 17.2 Å². The number of hydrogen-bond donors (Lipinski definition) is 2. The largest absolute Gasteiger partial charge is 0.378 e. The van der Waals surface area contributed by atoms with E-state index in [9.17, 15) is 4.79 Å². The second-order valence-electron chi connectivity index (χ2n) is 8.31. The van der Waals surface area contributed by atoms with Gasteiger partial charge in [-0.2, -0.15) is 0 Å². The Morgan fingerprint density at radius 2 is 2.00 bits per heavy atom. The van der Waals surface area contributed by atoms with E-state index >= 15 is 0 Å². The summed E-state index contributed by atoms with van der Waals surface area (Å²) in [6.07, 6.45) is 7.49. The van der Waals surface area contributed by atoms with Gasteiger partial charge in [0.1, 0.15) is 5.82 Å². The first kappa shape index (κ1) is 21.7. The lowest BCUT2D eigenvalue weighted by Gasteiger charge is -2.32. The number of aryl methyl sites for hydroxylation is 1. The lowest BCUT2D eigenvalue weighted by molar-refractivity contribution is 0.0699. The van der Waals surface area contributed by atoms with Crippen LogP contribution in [0.3, 0.4) is 0 Å². The van der Waals surface area contributed by atoms with Gasteiger partial charge in [0.25, 0.3) is 0 Å². The summed E-state index contributed by atoms with van der Waals surface area (Å²) in [7, 11) is 1.76. The summed E-state index contributed by atoms with van der Waals surface area (Å²) in [6.45, 7) is 6.45. The van der Waals surface area contributed by atoms with Crippen LogP contribution in [0.25, 0.3) is 10.9 Å². The van der Waals surface area contributed by atoms with Crippen molar-refractivity contribution in [3.63, 3.8) is 0 Å². The van der Waals surface area contributed by atoms with Crippen LogP contribution in [0.15, 0.2) is 24.3 Å². The molecule has 1 saturated carbocycles. The highest BCUT2D eigenvalue weighted by atomic mass is 16.5. The molecule has 158 valence electrons. The van der Waals surface area contributed by atoms with E-state index in [2.05, 4.69) is 23.6 Å². The van der Waals surface area contributed by atoms with E-state index in [4.69, 9.17) is 9.72 Å². The van der Waals surface area contributed by atoms with Crippen LogP contribution < -0.4 is 10.6 Å². The summed E-state index contributed by atoms with van der Waals surface area (Å²) in [5.41, 5.74) is 2.68. The summed E-state index contributed by atoms with van der Waals surface area (Å²) in [4.78, 5) is 17.0. The number of nitrogens with zero attached hydrogens (tertiary/aromatic N) is 1. The van der Waals surface area contributed by atoms with Crippen molar-refractivity contribution in [1.29, 1.82) is 0 Å².